The summed E-state index contributed by atoms with van der Waals surface area (Å²) in [5.41, 5.74) is 2.52. The monoisotopic (exact) mass is 367 g/mol. The number of aromatic nitrogens is 2. The molecule has 0 unspecified atom stereocenters. The van der Waals surface area contributed by atoms with E-state index >= 15 is 0 Å². The normalized spacial score (nSPS) is 17.9. The Balaban J connectivity index is 1.50. The van der Waals surface area contributed by atoms with E-state index < -0.39 is 0 Å². The second-order valence-electron chi connectivity index (χ2n) is 6.35. The van der Waals surface area contributed by atoms with E-state index in [-0.39, 0.29) is 5.91 Å². The lowest BCUT2D eigenvalue weighted by atomic mass is 10.2. The van der Waals surface area contributed by atoms with Crippen LogP contribution < -0.4 is 0 Å². The van der Waals surface area contributed by atoms with Crippen LogP contribution >= 0.6 is 11.8 Å². The first-order chi connectivity index (χ1) is 12.7. The van der Waals surface area contributed by atoms with E-state index in [1.165, 1.54) is 0 Å². The predicted molar refractivity (Wildman–Crippen MR) is 103 cm³/mol. The third kappa shape index (κ3) is 3.29. The van der Waals surface area contributed by atoms with Crippen molar-refractivity contribution in [3.63, 3.8) is 0 Å². The van der Waals surface area contributed by atoms with Crippen molar-refractivity contribution >= 4 is 17.7 Å². The molecule has 0 saturated carbocycles. The zero-order valence-corrected chi connectivity index (χ0v) is 15.5. The van der Waals surface area contributed by atoms with E-state index in [0.717, 1.165) is 42.4 Å². The number of nitrogens with zero attached hydrogens (tertiary/aromatic N) is 3. The van der Waals surface area contributed by atoms with Gasteiger partial charge in [0.2, 0.25) is 0 Å². The summed E-state index contributed by atoms with van der Waals surface area (Å²) in [6, 6.07) is 13.8. The molecule has 1 saturated heterocycles. The van der Waals surface area contributed by atoms with E-state index in [0.29, 0.717) is 10.8 Å². The average Bonchev–Trinajstić information content (AvgIpc) is 3.26. The van der Waals surface area contributed by atoms with E-state index in [4.69, 9.17) is 4.42 Å². The van der Waals surface area contributed by atoms with Crippen molar-refractivity contribution in [1.82, 2.24) is 14.7 Å². The molecular weight excluding hydrogens is 346 g/mol. The molecule has 5 nitrogen and oxygen atoms in total. The van der Waals surface area contributed by atoms with Gasteiger partial charge in [-0.15, -0.1) is 11.8 Å². The van der Waals surface area contributed by atoms with Crippen LogP contribution in [0.3, 0.4) is 0 Å². The molecule has 134 valence electrons. The van der Waals surface area contributed by atoms with Crippen LogP contribution in [0.1, 0.15) is 33.5 Å². The maximum Gasteiger partial charge on any atom is 0.257 e. The van der Waals surface area contributed by atoms with Gasteiger partial charge in [0.25, 0.3) is 5.91 Å². The van der Waals surface area contributed by atoms with Crippen molar-refractivity contribution in [2.75, 3.05) is 18.8 Å². The molecule has 0 spiro atoms. The third-order valence-electron chi connectivity index (χ3n) is 4.73. The van der Waals surface area contributed by atoms with Crippen molar-refractivity contribution in [1.29, 1.82) is 0 Å². The Bertz CT molecular complexity index is 874. The van der Waals surface area contributed by atoms with Gasteiger partial charge in [0, 0.05) is 18.8 Å². The van der Waals surface area contributed by atoms with Gasteiger partial charge in [-0.25, -0.2) is 4.68 Å². The van der Waals surface area contributed by atoms with Crippen molar-refractivity contribution in [2.45, 2.75) is 18.6 Å². The standard InChI is InChI=1S/C20H21N3O2S/c1-15-17(14-21-23(15)16-6-3-2-4-7-16)20(24)22-10-9-19(26-13-11-22)18-8-5-12-25-18/h2-8,12,14,19H,9-11,13H2,1H3/t19-/m1/s1. The Morgan fingerprint density at radius 3 is 2.81 bits per heavy atom. The van der Waals surface area contributed by atoms with Crippen LogP contribution in [0.25, 0.3) is 5.69 Å². The Morgan fingerprint density at radius 1 is 1.19 bits per heavy atom. The molecule has 1 atom stereocenters. The highest BCUT2D eigenvalue weighted by atomic mass is 32.2. The number of amides is 1. The van der Waals surface area contributed by atoms with Crippen molar-refractivity contribution in [3.8, 4) is 5.69 Å². The number of hydrogen-bond acceptors (Lipinski definition) is 4. The molecule has 4 rings (SSSR count). The number of furan rings is 1. The van der Waals surface area contributed by atoms with E-state index in [2.05, 4.69) is 5.10 Å². The summed E-state index contributed by atoms with van der Waals surface area (Å²) in [6.07, 6.45) is 4.30. The van der Waals surface area contributed by atoms with Gasteiger partial charge in [-0.3, -0.25) is 4.79 Å². The minimum atomic E-state index is 0.0605. The fraction of sp³-hybridized carbons (Fsp3) is 0.300. The first-order valence-corrected chi connectivity index (χ1v) is 9.83. The second-order valence-corrected chi connectivity index (χ2v) is 7.66. The maximum absolute atomic E-state index is 13.1. The SMILES string of the molecule is Cc1c(C(=O)N2CCS[C@@H](c3ccco3)CC2)cnn1-c1ccccc1. The summed E-state index contributed by atoms with van der Waals surface area (Å²) in [7, 11) is 0. The van der Waals surface area contributed by atoms with Crippen LogP contribution in [-0.4, -0.2) is 39.4 Å². The minimum Gasteiger partial charge on any atom is -0.468 e. The van der Waals surface area contributed by atoms with Crippen molar-refractivity contribution in [2.24, 2.45) is 0 Å². The molecule has 0 N–H and O–H groups in total. The van der Waals surface area contributed by atoms with Gasteiger partial charge in [-0.05, 0) is 37.6 Å². The lowest BCUT2D eigenvalue weighted by Crippen LogP contribution is -2.33. The molecule has 0 radical (unpaired) electrons. The number of thioether (sulfide) groups is 1. The number of rotatable bonds is 3. The summed E-state index contributed by atoms with van der Waals surface area (Å²) >= 11 is 1.86. The summed E-state index contributed by atoms with van der Waals surface area (Å²) in [5.74, 6) is 1.96. The third-order valence-corrected chi connectivity index (χ3v) is 6.02. The molecule has 0 aliphatic carbocycles. The highest BCUT2D eigenvalue weighted by Crippen LogP contribution is 2.34. The van der Waals surface area contributed by atoms with Gasteiger partial charge in [-0.2, -0.15) is 5.10 Å². The van der Waals surface area contributed by atoms with E-state index in [9.17, 15) is 4.79 Å². The molecule has 3 heterocycles. The number of hydrogen-bond donors (Lipinski definition) is 0. The zero-order valence-electron chi connectivity index (χ0n) is 14.7. The molecule has 1 aliphatic heterocycles. The second kappa shape index (κ2) is 7.41. The summed E-state index contributed by atoms with van der Waals surface area (Å²) < 4.78 is 7.37. The Hall–Kier alpha value is -2.47. The Labute approximate surface area is 157 Å². The first kappa shape index (κ1) is 17.0. The average molecular weight is 367 g/mol. The quantitative estimate of drug-likeness (QED) is 0.699. The number of para-hydroxylation sites is 1. The minimum absolute atomic E-state index is 0.0605. The highest BCUT2D eigenvalue weighted by molar-refractivity contribution is 7.99. The molecule has 3 aromatic rings. The van der Waals surface area contributed by atoms with Gasteiger partial charge in [-0.1, -0.05) is 18.2 Å². The molecule has 2 aromatic heterocycles. The molecular formula is C20H21N3O2S. The topological polar surface area (TPSA) is 51.3 Å². The molecule has 26 heavy (non-hydrogen) atoms. The van der Waals surface area contributed by atoms with Crippen LogP contribution in [-0.2, 0) is 0 Å². The fourth-order valence-corrected chi connectivity index (χ4v) is 4.48. The smallest absolute Gasteiger partial charge is 0.257 e. The van der Waals surface area contributed by atoms with Crippen LogP contribution in [0.5, 0.6) is 0 Å². The molecule has 1 aliphatic rings. The maximum atomic E-state index is 13.1. The van der Waals surface area contributed by atoms with Crippen LogP contribution in [0.4, 0.5) is 0 Å². The Morgan fingerprint density at radius 2 is 2.04 bits per heavy atom. The zero-order chi connectivity index (χ0) is 17.9. The van der Waals surface area contributed by atoms with Crippen molar-refractivity contribution in [3.05, 3.63) is 71.9 Å². The van der Waals surface area contributed by atoms with Gasteiger partial charge >= 0.3 is 0 Å². The lowest BCUT2D eigenvalue weighted by molar-refractivity contribution is 0.0765. The fourth-order valence-electron chi connectivity index (χ4n) is 3.29. The summed E-state index contributed by atoms with van der Waals surface area (Å²) in [5, 5.41) is 4.75. The highest BCUT2D eigenvalue weighted by Gasteiger charge is 2.26. The number of benzene rings is 1. The van der Waals surface area contributed by atoms with Crippen LogP contribution in [0, 0.1) is 6.92 Å². The van der Waals surface area contributed by atoms with E-state index in [1.807, 2.05) is 70.7 Å². The van der Waals surface area contributed by atoms with Crippen molar-refractivity contribution < 1.29 is 9.21 Å². The number of carbonyl (C=O) groups excluding carboxylic acids is 1. The molecule has 1 amide bonds. The van der Waals surface area contributed by atoms with Gasteiger partial charge < -0.3 is 9.32 Å². The van der Waals surface area contributed by atoms with Gasteiger partial charge in [0.05, 0.1) is 34.7 Å². The van der Waals surface area contributed by atoms with Gasteiger partial charge in [0.15, 0.2) is 0 Å². The van der Waals surface area contributed by atoms with Gasteiger partial charge in [0.1, 0.15) is 5.76 Å². The molecule has 6 heteroatoms. The lowest BCUT2D eigenvalue weighted by Gasteiger charge is -2.20. The largest absolute Gasteiger partial charge is 0.468 e. The Kier molecular flexibility index (Phi) is 4.84. The summed E-state index contributed by atoms with van der Waals surface area (Å²) in [4.78, 5) is 15.0. The van der Waals surface area contributed by atoms with E-state index in [1.54, 1.807) is 12.5 Å². The van der Waals surface area contributed by atoms with Crippen LogP contribution in [0.15, 0.2) is 59.3 Å². The predicted octanol–water partition coefficient (Wildman–Crippen LogP) is 4.09. The van der Waals surface area contributed by atoms with Crippen LogP contribution in [0.2, 0.25) is 0 Å². The molecule has 1 aromatic carbocycles. The molecule has 0 bridgehead atoms. The number of carbonyl (C=O) groups is 1. The first-order valence-electron chi connectivity index (χ1n) is 8.78. The summed E-state index contributed by atoms with van der Waals surface area (Å²) in [6.45, 7) is 3.43. The molecule has 1 fully saturated rings.